The molecule has 236 valence electrons. The minimum Gasteiger partial charge on any atom is -0.379 e. The summed E-state index contributed by atoms with van der Waals surface area (Å²) in [4.78, 5) is 0. The Kier molecular flexibility index (Phi) is 22.7. The molecule has 0 amide bonds. The van der Waals surface area contributed by atoms with Crippen molar-refractivity contribution in [2.45, 2.75) is 145 Å². The van der Waals surface area contributed by atoms with Gasteiger partial charge in [-0.1, -0.05) is 106 Å². The molecule has 0 aromatic carbocycles. The molecule has 0 aliphatic carbocycles. The van der Waals surface area contributed by atoms with Crippen molar-refractivity contribution >= 4 is 0 Å². The van der Waals surface area contributed by atoms with Crippen LogP contribution in [0, 0.1) is 0 Å². The van der Waals surface area contributed by atoms with Crippen LogP contribution in [0.1, 0.15) is 140 Å². The number of allylic oxidation sites excluding steroid dienone is 18. The van der Waals surface area contributed by atoms with Crippen LogP contribution in [0.3, 0.4) is 0 Å². The highest BCUT2D eigenvalue weighted by Gasteiger charge is 2.15. The molecular formula is C41H66O. The maximum absolute atomic E-state index is 5.52. The van der Waals surface area contributed by atoms with E-state index in [9.17, 15) is 0 Å². The Labute approximate surface area is 262 Å². The van der Waals surface area contributed by atoms with Crippen LogP contribution in [0.2, 0.25) is 0 Å². The largest absolute Gasteiger partial charge is 0.379 e. The molecular weight excluding hydrogens is 508 g/mol. The molecule has 0 aliphatic heterocycles. The first-order valence-electron chi connectivity index (χ1n) is 16.3. The van der Waals surface area contributed by atoms with E-state index in [1.807, 2.05) is 0 Å². The van der Waals surface area contributed by atoms with Crippen molar-refractivity contribution in [1.29, 1.82) is 0 Å². The Balaban J connectivity index is 4.39. The van der Waals surface area contributed by atoms with Crippen LogP contribution >= 0.6 is 0 Å². The third-order valence-electron chi connectivity index (χ3n) is 7.68. The summed E-state index contributed by atoms with van der Waals surface area (Å²) in [6.45, 7) is 22.1. The van der Waals surface area contributed by atoms with Crippen LogP contribution in [0.4, 0.5) is 0 Å². The highest BCUT2D eigenvalue weighted by Crippen LogP contribution is 2.19. The Morgan fingerprint density at radius 1 is 0.524 bits per heavy atom. The number of hydrogen-bond donors (Lipinski definition) is 0. The average Bonchev–Trinajstić information content (AvgIpc) is 2.91. The Bertz CT molecular complexity index is 1020. The summed E-state index contributed by atoms with van der Waals surface area (Å²) in [5.41, 5.74) is 10.0. The van der Waals surface area contributed by atoms with Gasteiger partial charge in [-0.3, -0.25) is 0 Å². The molecule has 0 fully saturated rings. The molecule has 1 heteroatoms. The van der Waals surface area contributed by atoms with Gasteiger partial charge in [0.25, 0.3) is 0 Å². The van der Waals surface area contributed by atoms with Gasteiger partial charge in [0.05, 0.1) is 5.60 Å². The minimum absolute atomic E-state index is 0.0106. The van der Waals surface area contributed by atoms with Crippen LogP contribution < -0.4 is 0 Å². The normalized spacial score (nSPS) is 14.9. The van der Waals surface area contributed by atoms with Crippen LogP contribution in [-0.2, 0) is 4.74 Å². The molecule has 42 heavy (non-hydrogen) atoms. The maximum atomic E-state index is 5.52. The van der Waals surface area contributed by atoms with E-state index in [0.29, 0.717) is 0 Å². The monoisotopic (exact) mass is 575 g/mol. The lowest BCUT2D eigenvalue weighted by Crippen LogP contribution is -2.21. The first kappa shape index (κ1) is 39.6. The zero-order chi connectivity index (χ0) is 31.8. The van der Waals surface area contributed by atoms with Gasteiger partial charge >= 0.3 is 0 Å². The highest BCUT2D eigenvalue weighted by atomic mass is 16.5. The molecule has 0 saturated carbocycles. The second kappa shape index (κ2) is 24.1. The maximum Gasteiger partial charge on any atom is 0.0622 e. The zero-order valence-corrected chi connectivity index (χ0v) is 29.5. The molecule has 0 bridgehead atoms. The van der Waals surface area contributed by atoms with Crippen molar-refractivity contribution in [3.63, 3.8) is 0 Å². The summed E-state index contributed by atoms with van der Waals surface area (Å²) < 4.78 is 5.52. The first-order chi connectivity index (χ1) is 19.8. The lowest BCUT2D eigenvalue weighted by Gasteiger charge is -2.22. The fourth-order valence-corrected chi connectivity index (χ4v) is 4.44. The van der Waals surface area contributed by atoms with Gasteiger partial charge in [-0.25, -0.2) is 0 Å². The summed E-state index contributed by atoms with van der Waals surface area (Å²) in [6, 6.07) is 0. The topological polar surface area (TPSA) is 9.23 Å². The second-order valence-corrected chi connectivity index (χ2v) is 13.1. The second-order valence-electron chi connectivity index (χ2n) is 13.1. The van der Waals surface area contributed by atoms with E-state index in [0.717, 1.165) is 51.4 Å². The standard InChI is InChI=1S/C41H66O/c1-34(2)20-14-23-37(5)26-17-29-38(6)27-15-24-35(3)21-12-13-22-36(4)25-16-28-39(7)30-18-31-40(8)32-19-33-41(9,10)42-11/h12-13,16,20-22,25-28,31H,14-15,17-19,23-24,29-30,32-33H2,1-11H3/b13-12+,25-16+,35-21-,36-22+,37-26+,38-27+,39-28+,40-31-. The Hall–Kier alpha value is -2.38. The predicted octanol–water partition coefficient (Wildman–Crippen LogP) is 13.5. The molecule has 0 saturated heterocycles. The molecule has 0 aliphatic rings. The molecule has 0 radical (unpaired) electrons. The van der Waals surface area contributed by atoms with E-state index in [1.165, 1.54) is 58.3 Å². The van der Waals surface area contributed by atoms with Crippen LogP contribution in [0.15, 0.2) is 106 Å². The van der Waals surface area contributed by atoms with Gasteiger partial charge < -0.3 is 4.74 Å². The van der Waals surface area contributed by atoms with E-state index in [4.69, 9.17) is 4.74 Å². The molecule has 0 spiro atoms. The summed E-state index contributed by atoms with van der Waals surface area (Å²) in [7, 11) is 1.80. The predicted molar refractivity (Wildman–Crippen MR) is 192 cm³/mol. The highest BCUT2D eigenvalue weighted by molar-refractivity contribution is 5.27. The van der Waals surface area contributed by atoms with Crippen molar-refractivity contribution in [1.82, 2.24) is 0 Å². The van der Waals surface area contributed by atoms with Gasteiger partial charge in [0.2, 0.25) is 0 Å². The fourth-order valence-electron chi connectivity index (χ4n) is 4.44. The first-order valence-corrected chi connectivity index (χ1v) is 16.3. The van der Waals surface area contributed by atoms with Gasteiger partial charge in [-0.2, -0.15) is 0 Å². The number of methoxy groups -OCH3 is 1. The van der Waals surface area contributed by atoms with Crippen molar-refractivity contribution < 1.29 is 4.74 Å². The molecule has 0 N–H and O–H groups in total. The van der Waals surface area contributed by atoms with Crippen LogP contribution in [-0.4, -0.2) is 12.7 Å². The zero-order valence-electron chi connectivity index (χ0n) is 29.5. The quantitative estimate of drug-likeness (QED) is 0.0978. The van der Waals surface area contributed by atoms with Crippen molar-refractivity contribution in [2.75, 3.05) is 7.11 Å². The van der Waals surface area contributed by atoms with Gasteiger partial charge in [0.1, 0.15) is 0 Å². The lowest BCUT2D eigenvalue weighted by atomic mass is 9.98. The van der Waals surface area contributed by atoms with Crippen molar-refractivity contribution in [3.8, 4) is 0 Å². The molecule has 0 aromatic rings. The number of hydrogen-bond acceptors (Lipinski definition) is 1. The van der Waals surface area contributed by atoms with Gasteiger partial charge in [0, 0.05) is 7.11 Å². The number of ether oxygens (including phenoxy) is 1. The SMILES string of the molecule is COC(C)(C)CCC/C(C)=C\CC/C(C)=C/C=C/C(C)=C/C=C/C=C(/C)CC/C=C(\C)CC/C=C(\C)CCC=C(C)C. The van der Waals surface area contributed by atoms with E-state index in [-0.39, 0.29) is 5.60 Å². The van der Waals surface area contributed by atoms with E-state index < -0.39 is 0 Å². The Morgan fingerprint density at radius 3 is 1.45 bits per heavy atom. The lowest BCUT2D eigenvalue weighted by molar-refractivity contribution is 0.0140. The third-order valence-corrected chi connectivity index (χ3v) is 7.68. The van der Waals surface area contributed by atoms with Gasteiger partial charge in [0.15, 0.2) is 0 Å². The molecule has 0 aromatic heterocycles. The smallest absolute Gasteiger partial charge is 0.0622 e. The van der Waals surface area contributed by atoms with Crippen LogP contribution in [0.25, 0.3) is 0 Å². The summed E-state index contributed by atoms with van der Waals surface area (Å²) in [5.74, 6) is 0. The fraction of sp³-hybridized carbons (Fsp3) is 0.561. The average molecular weight is 575 g/mol. The van der Waals surface area contributed by atoms with Crippen molar-refractivity contribution in [3.05, 3.63) is 106 Å². The van der Waals surface area contributed by atoms with Crippen LogP contribution in [0.5, 0.6) is 0 Å². The third kappa shape index (κ3) is 25.3. The summed E-state index contributed by atoms with van der Waals surface area (Å²) in [6.07, 6.45) is 37.5. The summed E-state index contributed by atoms with van der Waals surface area (Å²) in [5, 5.41) is 0. The Morgan fingerprint density at radius 2 is 0.952 bits per heavy atom. The van der Waals surface area contributed by atoms with E-state index in [2.05, 4.69) is 136 Å². The molecule has 0 unspecified atom stereocenters. The van der Waals surface area contributed by atoms with Crippen molar-refractivity contribution in [2.24, 2.45) is 0 Å². The van der Waals surface area contributed by atoms with E-state index >= 15 is 0 Å². The minimum atomic E-state index is -0.0106. The van der Waals surface area contributed by atoms with Gasteiger partial charge in [-0.05, 0) is 140 Å². The number of rotatable bonds is 21. The molecule has 1 nitrogen and oxygen atoms in total. The molecule has 0 atom stereocenters. The van der Waals surface area contributed by atoms with E-state index in [1.54, 1.807) is 7.11 Å². The molecule has 0 rings (SSSR count). The summed E-state index contributed by atoms with van der Waals surface area (Å²) >= 11 is 0. The van der Waals surface area contributed by atoms with Gasteiger partial charge in [-0.15, -0.1) is 0 Å². The molecule has 0 heterocycles.